The lowest BCUT2D eigenvalue weighted by Gasteiger charge is -2.26. The van der Waals surface area contributed by atoms with Crippen molar-refractivity contribution in [1.82, 2.24) is 15.2 Å². The number of phenols is 1. The average Bonchev–Trinajstić information content (AvgIpc) is 3.16. The maximum absolute atomic E-state index is 11.6. The zero-order valence-corrected chi connectivity index (χ0v) is 29.7. The second-order valence-electron chi connectivity index (χ2n) is 13.2. The van der Waals surface area contributed by atoms with Crippen LogP contribution in [0.15, 0.2) is 108 Å². The Hall–Kier alpha value is -5.16. The van der Waals surface area contributed by atoms with E-state index in [2.05, 4.69) is 50.1 Å². The molecule has 0 spiro atoms. The summed E-state index contributed by atoms with van der Waals surface area (Å²) in [4.78, 5) is 27.5. The second kappa shape index (κ2) is 20.0. The number of H-pyrrole nitrogens is 1. The van der Waals surface area contributed by atoms with E-state index in [4.69, 9.17) is 5.11 Å². The number of nitrogens with one attached hydrogen (secondary N) is 4. The molecular weight excluding hydrogens is 654 g/mol. The first kappa shape index (κ1) is 38.1. The van der Waals surface area contributed by atoms with Crippen LogP contribution in [-0.2, 0) is 6.42 Å². The molecule has 1 fully saturated rings. The van der Waals surface area contributed by atoms with Gasteiger partial charge in [0.2, 0.25) is 5.56 Å². The number of likely N-dealkylation sites (tertiary alicyclic amines) is 1. The topological polar surface area (TPSA) is 150 Å². The average molecular weight is 706 g/mol. The monoisotopic (exact) mass is 705 g/mol. The number of aromatic nitrogens is 1. The number of amides is 1. The Labute approximate surface area is 305 Å². The standard InChI is InChI=1S/C29H40N4O3.C13H11NO2/c34-26-13-11-24(25-12-14-28(36)32-29(25)26)27(35)21-30-17-15-22-7-9-23(10-8-22)31-16-3-1-4-18-33-19-5-2-6-20-33;15-13(16)14-12-9-5-4-8-11(12)10-6-2-1-3-7-10/h7-14,27,30-31,34-35H,1-6,15-21H2,(H,32,36);1-9,14H,(H,15,16)/t27-;/m0./s1. The number of aromatic amines is 1. The first-order chi connectivity index (χ1) is 25.4. The van der Waals surface area contributed by atoms with Gasteiger partial charge in [0.05, 0.1) is 17.3 Å². The fraction of sp³-hybridized carbons (Fsp3) is 0.333. The first-order valence-electron chi connectivity index (χ1n) is 18.3. The predicted octanol–water partition coefficient (Wildman–Crippen LogP) is 7.61. The lowest BCUT2D eigenvalue weighted by atomic mass is 10.0. The van der Waals surface area contributed by atoms with E-state index in [-0.39, 0.29) is 11.3 Å². The molecule has 0 aliphatic carbocycles. The first-order valence-corrected chi connectivity index (χ1v) is 18.3. The molecule has 1 aliphatic rings. The SMILES string of the molecule is O=C(O)Nc1ccccc1-c1ccccc1.O=c1ccc2c([C@@H](O)CNCCc3ccc(NCCCCCN4CCCCC4)cc3)ccc(O)c2[nH]1. The normalized spacial score (nSPS) is 13.6. The number of aliphatic hydroxyl groups excluding tert-OH is 1. The van der Waals surface area contributed by atoms with E-state index in [9.17, 15) is 19.8 Å². The van der Waals surface area contributed by atoms with Crippen molar-refractivity contribution < 1.29 is 20.1 Å². The van der Waals surface area contributed by atoms with Crippen molar-refractivity contribution in [2.45, 2.75) is 51.0 Å². The quantitative estimate of drug-likeness (QED) is 0.0551. The van der Waals surface area contributed by atoms with E-state index in [0.717, 1.165) is 36.3 Å². The Morgan fingerprint density at radius 3 is 2.33 bits per heavy atom. The van der Waals surface area contributed by atoms with Gasteiger partial charge in [-0.2, -0.15) is 0 Å². The minimum absolute atomic E-state index is 0.00240. The number of pyridine rings is 1. The number of carbonyl (C=O) groups is 1. The molecule has 1 aliphatic heterocycles. The van der Waals surface area contributed by atoms with Crippen LogP contribution in [-0.4, -0.2) is 70.6 Å². The van der Waals surface area contributed by atoms with Crippen LogP contribution in [0.5, 0.6) is 5.75 Å². The highest BCUT2D eigenvalue weighted by Gasteiger charge is 2.14. The summed E-state index contributed by atoms with van der Waals surface area (Å²) in [6.07, 6.45) is 6.99. The van der Waals surface area contributed by atoms with Gasteiger partial charge in [-0.05, 0) is 105 Å². The number of anilines is 2. The zero-order valence-electron chi connectivity index (χ0n) is 29.7. The van der Waals surface area contributed by atoms with Crippen molar-refractivity contribution >= 4 is 28.4 Å². The number of nitrogens with zero attached hydrogens (tertiary/aromatic N) is 1. The number of unbranched alkanes of at least 4 members (excludes halogenated alkanes) is 2. The highest BCUT2D eigenvalue weighted by Crippen LogP contribution is 2.29. The third kappa shape index (κ3) is 11.7. The minimum atomic E-state index is -1.05. The van der Waals surface area contributed by atoms with Crippen LogP contribution in [0.4, 0.5) is 16.2 Å². The van der Waals surface area contributed by atoms with Crippen LogP contribution in [0.1, 0.15) is 55.8 Å². The molecule has 4 aromatic carbocycles. The Morgan fingerprint density at radius 2 is 1.56 bits per heavy atom. The fourth-order valence-electron chi connectivity index (χ4n) is 6.55. The third-order valence-corrected chi connectivity index (χ3v) is 9.33. The molecule has 0 bridgehead atoms. The maximum atomic E-state index is 11.6. The molecule has 2 heterocycles. The minimum Gasteiger partial charge on any atom is -0.506 e. The Bertz CT molecular complexity index is 1890. The number of piperidine rings is 1. The second-order valence-corrected chi connectivity index (χ2v) is 13.2. The number of hydrogen-bond donors (Lipinski definition) is 7. The highest BCUT2D eigenvalue weighted by molar-refractivity contribution is 5.90. The van der Waals surface area contributed by atoms with Crippen LogP contribution in [0, 0.1) is 0 Å². The molecule has 10 heteroatoms. The number of aromatic hydroxyl groups is 1. The maximum Gasteiger partial charge on any atom is 0.409 e. The summed E-state index contributed by atoms with van der Waals surface area (Å²) in [7, 11) is 0. The summed E-state index contributed by atoms with van der Waals surface area (Å²) in [6.45, 7) is 5.98. The molecule has 7 N–H and O–H groups in total. The van der Waals surface area contributed by atoms with E-state index in [0.29, 0.717) is 28.7 Å². The van der Waals surface area contributed by atoms with Gasteiger partial charge in [-0.3, -0.25) is 10.1 Å². The number of hydrogen-bond acceptors (Lipinski definition) is 7. The summed E-state index contributed by atoms with van der Waals surface area (Å²) in [6, 6.07) is 31.8. The van der Waals surface area contributed by atoms with Crippen molar-refractivity contribution in [3.63, 3.8) is 0 Å². The smallest absolute Gasteiger partial charge is 0.409 e. The summed E-state index contributed by atoms with van der Waals surface area (Å²) in [5.41, 5.74) is 5.62. The van der Waals surface area contributed by atoms with E-state index >= 15 is 0 Å². The van der Waals surface area contributed by atoms with Gasteiger partial charge in [0.15, 0.2) is 0 Å². The number of para-hydroxylation sites is 1. The van der Waals surface area contributed by atoms with Gasteiger partial charge >= 0.3 is 6.09 Å². The molecule has 0 radical (unpaired) electrons. The number of phenolic OH excluding ortho intramolecular Hbond substituents is 1. The third-order valence-electron chi connectivity index (χ3n) is 9.33. The van der Waals surface area contributed by atoms with Gasteiger partial charge in [0.25, 0.3) is 0 Å². The van der Waals surface area contributed by atoms with E-state index in [1.54, 1.807) is 24.3 Å². The van der Waals surface area contributed by atoms with Gasteiger partial charge < -0.3 is 35.8 Å². The molecule has 274 valence electrons. The zero-order chi connectivity index (χ0) is 36.5. The van der Waals surface area contributed by atoms with Crippen LogP contribution >= 0.6 is 0 Å². The van der Waals surface area contributed by atoms with Gasteiger partial charge in [-0.25, -0.2) is 4.79 Å². The van der Waals surface area contributed by atoms with Crippen molar-refractivity contribution in [3.8, 4) is 16.9 Å². The molecule has 1 amide bonds. The molecule has 6 rings (SSSR count). The molecule has 52 heavy (non-hydrogen) atoms. The van der Waals surface area contributed by atoms with Crippen molar-refractivity contribution in [1.29, 1.82) is 0 Å². The van der Waals surface area contributed by atoms with Gasteiger partial charge in [-0.1, -0.05) is 79.6 Å². The number of rotatable bonds is 15. The van der Waals surface area contributed by atoms with E-state index < -0.39 is 12.2 Å². The van der Waals surface area contributed by atoms with Crippen molar-refractivity contribution in [2.75, 3.05) is 49.9 Å². The fourth-order valence-corrected chi connectivity index (χ4v) is 6.55. The number of carboxylic acid groups (broad SMARTS) is 1. The van der Waals surface area contributed by atoms with Crippen LogP contribution < -0.4 is 21.5 Å². The molecule has 0 saturated carbocycles. The Kier molecular flexibility index (Phi) is 14.7. The molecule has 10 nitrogen and oxygen atoms in total. The van der Waals surface area contributed by atoms with Crippen molar-refractivity contribution in [2.24, 2.45) is 0 Å². The lowest BCUT2D eigenvalue weighted by molar-refractivity contribution is 0.176. The molecule has 1 saturated heterocycles. The van der Waals surface area contributed by atoms with Gasteiger partial charge in [0, 0.05) is 35.8 Å². The van der Waals surface area contributed by atoms with Gasteiger partial charge in [-0.15, -0.1) is 0 Å². The number of aliphatic hydroxyl groups is 1. The van der Waals surface area contributed by atoms with Crippen LogP contribution in [0.2, 0.25) is 0 Å². The number of benzene rings is 4. The summed E-state index contributed by atoms with van der Waals surface area (Å²) >= 11 is 0. The van der Waals surface area contributed by atoms with Crippen LogP contribution in [0.25, 0.3) is 22.0 Å². The van der Waals surface area contributed by atoms with E-state index in [1.165, 1.54) is 75.9 Å². The molecule has 5 aromatic rings. The largest absolute Gasteiger partial charge is 0.506 e. The van der Waals surface area contributed by atoms with E-state index in [1.807, 2.05) is 42.5 Å². The lowest BCUT2D eigenvalue weighted by Crippen LogP contribution is -2.30. The van der Waals surface area contributed by atoms with Crippen LogP contribution in [0.3, 0.4) is 0 Å². The van der Waals surface area contributed by atoms with Gasteiger partial charge in [0.1, 0.15) is 5.75 Å². The Balaban J connectivity index is 0.000000272. The molecule has 1 aromatic heterocycles. The highest BCUT2D eigenvalue weighted by atomic mass is 16.4. The Morgan fingerprint density at radius 1 is 0.808 bits per heavy atom. The molecular formula is C42H51N5O5. The summed E-state index contributed by atoms with van der Waals surface area (Å²) in [5.74, 6) is -0.00240. The number of fused-ring (bicyclic) bond motifs is 1. The van der Waals surface area contributed by atoms with Crippen molar-refractivity contribution in [3.05, 3.63) is 125 Å². The summed E-state index contributed by atoms with van der Waals surface area (Å²) < 4.78 is 0. The molecule has 1 atom stereocenters. The predicted molar refractivity (Wildman–Crippen MR) is 210 cm³/mol. The molecule has 0 unspecified atom stereocenters. The summed E-state index contributed by atoms with van der Waals surface area (Å²) in [5, 5.41) is 39.3.